The number of halogens is 5. The van der Waals surface area contributed by atoms with Crippen molar-refractivity contribution in [1.82, 2.24) is 15.0 Å². The van der Waals surface area contributed by atoms with Crippen LogP contribution in [0.15, 0.2) is 46.7 Å². The van der Waals surface area contributed by atoms with Crippen LogP contribution >= 0.6 is 11.3 Å². The number of hydrogen-bond acceptors (Lipinski definition) is 6. The number of anilines is 1. The van der Waals surface area contributed by atoms with Crippen LogP contribution in [0.2, 0.25) is 0 Å². The van der Waals surface area contributed by atoms with E-state index in [0.29, 0.717) is 22.6 Å². The van der Waals surface area contributed by atoms with E-state index in [1.54, 1.807) is 13.8 Å². The highest BCUT2D eigenvalue weighted by molar-refractivity contribution is 7.89. The number of aromatic nitrogens is 1. The molecule has 3 rings (SSSR count). The fourth-order valence-electron chi connectivity index (χ4n) is 3.12. The van der Waals surface area contributed by atoms with Gasteiger partial charge in [0.25, 0.3) is 5.91 Å². The maximum Gasteiger partial charge on any atom is 0.425 e. The molecule has 36 heavy (non-hydrogen) atoms. The molecule has 0 saturated carbocycles. The van der Waals surface area contributed by atoms with E-state index in [2.05, 4.69) is 20.3 Å². The van der Waals surface area contributed by atoms with Crippen LogP contribution in [0, 0.1) is 18.6 Å². The molecule has 2 aromatic heterocycles. The SMILES string of the molecule is Cc1ccc(S(=O)(=O)NCCNC(=O)c2c(F)cccc2F)c(NC(C)c2csc(C(F)(F)F)c2)n1. The molecule has 0 saturated heterocycles. The normalized spacial score (nSPS) is 12.9. The summed E-state index contributed by atoms with van der Waals surface area (Å²) in [4.78, 5) is 15.2. The molecule has 1 atom stereocenters. The number of aryl methyl sites for hydroxylation is 1. The average molecular weight is 549 g/mol. The Labute approximate surface area is 207 Å². The van der Waals surface area contributed by atoms with Gasteiger partial charge in [0.2, 0.25) is 10.0 Å². The van der Waals surface area contributed by atoms with Gasteiger partial charge in [-0.2, -0.15) is 13.2 Å². The first-order valence-electron chi connectivity index (χ1n) is 10.4. The summed E-state index contributed by atoms with van der Waals surface area (Å²) in [7, 11) is -4.18. The lowest BCUT2D eigenvalue weighted by molar-refractivity contribution is -0.134. The average Bonchev–Trinajstić information content (AvgIpc) is 3.28. The summed E-state index contributed by atoms with van der Waals surface area (Å²) in [6.45, 7) is 2.59. The van der Waals surface area contributed by atoms with E-state index in [9.17, 15) is 35.2 Å². The molecule has 0 radical (unpaired) electrons. The third-order valence-corrected chi connectivity index (χ3v) is 7.42. The zero-order chi connectivity index (χ0) is 26.7. The molecule has 2 heterocycles. The summed E-state index contributed by atoms with van der Waals surface area (Å²) in [5.41, 5.74) is -0.0233. The predicted octanol–water partition coefficient (Wildman–Crippen LogP) is 4.63. The minimum atomic E-state index is -4.49. The van der Waals surface area contributed by atoms with Gasteiger partial charge in [-0.25, -0.2) is 26.9 Å². The molecule has 194 valence electrons. The third-order valence-electron chi connectivity index (χ3n) is 4.93. The number of alkyl halides is 3. The Morgan fingerprint density at radius 1 is 1.11 bits per heavy atom. The predicted molar refractivity (Wildman–Crippen MR) is 124 cm³/mol. The monoisotopic (exact) mass is 548 g/mol. The first-order valence-corrected chi connectivity index (χ1v) is 12.8. The van der Waals surface area contributed by atoms with Crippen LogP contribution in [0.4, 0.5) is 27.8 Å². The molecule has 1 amide bonds. The van der Waals surface area contributed by atoms with Crippen molar-refractivity contribution >= 4 is 33.1 Å². The van der Waals surface area contributed by atoms with Gasteiger partial charge in [-0.1, -0.05) is 6.07 Å². The lowest BCUT2D eigenvalue weighted by Crippen LogP contribution is -2.35. The van der Waals surface area contributed by atoms with Gasteiger partial charge in [0.05, 0.1) is 6.04 Å². The largest absolute Gasteiger partial charge is 0.425 e. The highest BCUT2D eigenvalue weighted by Gasteiger charge is 2.33. The number of thiophene rings is 1. The molecular weight excluding hydrogens is 527 g/mol. The van der Waals surface area contributed by atoms with Crippen molar-refractivity contribution in [3.8, 4) is 0 Å². The molecule has 0 fully saturated rings. The van der Waals surface area contributed by atoms with Gasteiger partial charge in [-0.15, -0.1) is 11.3 Å². The van der Waals surface area contributed by atoms with Gasteiger partial charge >= 0.3 is 6.18 Å². The second-order valence-corrected chi connectivity index (χ2v) is 10.3. The summed E-state index contributed by atoms with van der Waals surface area (Å²) in [6.07, 6.45) is -4.49. The highest BCUT2D eigenvalue weighted by atomic mass is 32.2. The van der Waals surface area contributed by atoms with Gasteiger partial charge in [-0.05, 0) is 55.1 Å². The number of nitrogens with zero attached hydrogens (tertiary/aromatic N) is 1. The van der Waals surface area contributed by atoms with Crippen LogP contribution in [-0.2, 0) is 16.2 Å². The maximum atomic E-state index is 13.7. The van der Waals surface area contributed by atoms with E-state index < -0.39 is 50.2 Å². The summed E-state index contributed by atoms with van der Waals surface area (Å²) in [5.74, 6) is -3.24. The Morgan fingerprint density at radius 3 is 2.39 bits per heavy atom. The van der Waals surface area contributed by atoms with Crippen molar-refractivity contribution < 1.29 is 35.2 Å². The van der Waals surface area contributed by atoms with Crippen LogP contribution < -0.4 is 15.4 Å². The van der Waals surface area contributed by atoms with E-state index >= 15 is 0 Å². The molecule has 3 N–H and O–H groups in total. The summed E-state index contributed by atoms with van der Waals surface area (Å²) < 4.78 is 94.2. The second kappa shape index (κ2) is 10.9. The van der Waals surface area contributed by atoms with Gasteiger partial charge in [0.15, 0.2) is 0 Å². The number of carbonyl (C=O) groups is 1. The number of benzene rings is 1. The van der Waals surface area contributed by atoms with Crippen LogP contribution in [0.3, 0.4) is 0 Å². The molecule has 0 aliphatic rings. The molecule has 7 nitrogen and oxygen atoms in total. The molecule has 1 aromatic carbocycles. The zero-order valence-corrected chi connectivity index (χ0v) is 20.5. The number of carbonyl (C=O) groups excluding carboxylic acids is 1. The van der Waals surface area contributed by atoms with Gasteiger partial charge in [0.1, 0.15) is 32.8 Å². The molecule has 0 aliphatic carbocycles. The smallest absolute Gasteiger partial charge is 0.362 e. The summed E-state index contributed by atoms with van der Waals surface area (Å²) in [6, 6.07) is 5.94. The number of hydrogen-bond donors (Lipinski definition) is 3. The molecule has 0 bridgehead atoms. The van der Waals surface area contributed by atoms with Crippen molar-refractivity contribution in [2.75, 3.05) is 18.4 Å². The van der Waals surface area contributed by atoms with E-state index in [4.69, 9.17) is 0 Å². The quantitative estimate of drug-likeness (QED) is 0.268. The Bertz CT molecular complexity index is 1340. The molecule has 1 unspecified atom stereocenters. The Kier molecular flexibility index (Phi) is 8.31. The summed E-state index contributed by atoms with van der Waals surface area (Å²) in [5, 5.41) is 6.39. The van der Waals surface area contributed by atoms with Crippen molar-refractivity contribution in [3.05, 3.63) is 75.1 Å². The number of pyridine rings is 1. The zero-order valence-electron chi connectivity index (χ0n) is 18.9. The van der Waals surface area contributed by atoms with E-state index in [-0.39, 0.29) is 23.8 Å². The number of nitrogens with one attached hydrogen (secondary N) is 3. The minimum absolute atomic E-state index is 0.0766. The first kappa shape index (κ1) is 27.5. The molecule has 3 aromatic rings. The number of rotatable bonds is 9. The van der Waals surface area contributed by atoms with Crippen molar-refractivity contribution in [1.29, 1.82) is 0 Å². The molecule has 14 heteroatoms. The topological polar surface area (TPSA) is 100 Å². The highest BCUT2D eigenvalue weighted by Crippen LogP contribution is 2.36. The Morgan fingerprint density at radius 2 is 1.78 bits per heavy atom. The lowest BCUT2D eigenvalue weighted by atomic mass is 10.1. The van der Waals surface area contributed by atoms with Crippen LogP contribution in [0.5, 0.6) is 0 Å². The minimum Gasteiger partial charge on any atom is -0.362 e. The van der Waals surface area contributed by atoms with Gasteiger partial charge < -0.3 is 10.6 Å². The molecule has 0 spiro atoms. The van der Waals surface area contributed by atoms with E-state index in [1.165, 1.54) is 17.5 Å². The fourth-order valence-corrected chi connectivity index (χ4v) is 5.13. The van der Waals surface area contributed by atoms with Crippen LogP contribution in [0.1, 0.15) is 39.5 Å². The molecular formula is C22H21F5N4O3S2. The lowest BCUT2D eigenvalue weighted by Gasteiger charge is -2.17. The fraction of sp³-hybridized carbons (Fsp3) is 0.273. The van der Waals surface area contributed by atoms with E-state index in [1.807, 2.05) is 0 Å². The van der Waals surface area contributed by atoms with Gasteiger partial charge in [-0.3, -0.25) is 4.79 Å². The Hall–Kier alpha value is -3.10. The van der Waals surface area contributed by atoms with Gasteiger partial charge in [0, 0.05) is 18.8 Å². The first-order chi connectivity index (χ1) is 16.8. The number of amides is 1. The number of sulfonamides is 1. The van der Waals surface area contributed by atoms with Crippen molar-refractivity contribution in [2.24, 2.45) is 0 Å². The van der Waals surface area contributed by atoms with Crippen LogP contribution in [-0.4, -0.2) is 32.4 Å². The van der Waals surface area contributed by atoms with Crippen LogP contribution in [0.25, 0.3) is 0 Å². The standard InChI is InChI=1S/C22H21F5N4O3S2/c1-12-6-7-17(20(30-12)31-13(2)14-10-18(35-11-14)22(25,26)27)36(33,34)29-9-8-28-21(32)19-15(23)4-3-5-16(19)24/h3-7,10-11,13,29H,8-9H2,1-2H3,(H,28,32)(H,30,31). The summed E-state index contributed by atoms with van der Waals surface area (Å²) >= 11 is 0.527. The maximum absolute atomic E-state index is 13.7. The third kappa shape index (κ3) is 6.56. The van der Waals surface area contributed by atoms with E-state index in [0.717, 1.165) is 24.3 Å². The Balaban J connectivity index is 1.69. The van der Waals surface area contributed by atoms with Crippen molar-refractivity contribution in [3.63, 3.8) is 0 Å². The molecule has 0 aliphatic heterocycles. The second-order valence-electron chi connectivity index (χ2n) is 7.66. The van der Waals surface area contributed by atoms with Crippen molar-refractivity contribution in [2.45, 2.75) is 31.0 Å².